The van der Waals surface area contributed by atoms with Crippen molar-refractivity contribution in [1.29, 1.82) is 0 Å². The van der Waals surface area contributed by atoms with E-state index in [1.165, 1.54) is 0 Å². The van der Waals surface area contributed by atoms with Crippen molar-refractivity contribution in [3.63, 3.8) is 0 Å². The number of aromatic nitrogens is 1. The van der Waals surface area contributed by atoms with E-state index < -0.39 is 5.38 Å². The van der Waals surface area contributed by atoms with Gasteiger partial charge in [-0.05, 0) is 47.6 Å². The summed E-state index contributed by atoms with van der Waals surface area (Å²) in [4.78, 5) is 24.0. The van der Waals surface area contributed by atoms with Crippen molar-refractivity contribution in [1.82, 2.24) is 9.88 Å². The largest absolute Gasteiger partial charge is 0.350 e. The maximum absolute atomic E-state index is 12.0. The zero-order valence-corrected chi connectivity index (χ0v) is 13.8. The molecular formula is C15H23ClN2O2. The number of carbonyl (C=O) groups excluding carboxylic acids is 2. The predicted octanol–water partition coefficient (Wildman–Crippen LogP) is 2.83. The third-order valence-electron chi connectivity index (χ3n) is 3.02. The molecule has 0 aliphatic carbocycles. The lowest BCUT2D eigenvalue weighted by molar-refractivity contribution is -0.123. The molecule has 20 heavy (non-hydrogen) atoms. The van der Waals surface area contributed by atoms with Crippen molar-refractivity contribution < 1.29 is 9.59 Å². The van der Waals surface area contributed by atoms with Gasteiger partial charge in [-0.15, -0.1) is 11.6 Å². The maximum atomic E-state index is 12.0. The van der Waals surface area contributed by atoms with Gasteiger partial charge in [-0.2, -0.15) is 0 Å². The van der Waals surface area contributed by atoms with Crippen LogP contribution in [0.1, 0.15) is 49.4 Å². The zero-order valence-electron chi connectivity index (χ0n) is 13.0. The Morgan fingerprint density at radius 3 is 2.35 bits per heavy atom. The molecule has 112 valence electrons. The van der Waals surface area contributed by atoms with Crippen LogP contribution in [0.4, 0.5) is 0 Å². The first kappa shape index (κ1) is 16.8. The number of Topliss-reactive ketones (excluding diaryl/α,β-unsaturated/α-hetero) is 1. The van der Waals surface area contributed by atoms with Gasteiger partial charge in [0.2, 0.25) is 5.91 Å². The fourth-order valence-corrected chi connectivity index (χ4v) is 2.23. The molecule has 5 heteroatoms. The van der Waals surface area contributed by atoms with Crippen molar-refractivity contribution in [3.05, 3.63) is 23.0 Å². The molecule has 0 bridgehead atoms. The van der Waals surface area contributed by atoms with Crippen molar-refractivity contribution in [2.24, 2.45) is 0 Å². The summed E-state index contributed by atoms with van der Waals surface area (Å²) in [6.07, 6.45) is 0. The summed E-state index contributed by atoms with van der Waals surface area (Å²) in [5.74, 6) is -0.181. The fraction of sp³-hybridized carbons (Fsp3) is 0.600. The topological polar surface area (TPSA) is 51.1 Å². The minimum atomic E-state index is -0.563. The number of hydrogen-bond donors (Lipinski definition) is 1. The van der Waals surface area contributed by atoms with Crippen LogP contribution in [0.25, 0.3) is 0 Å². The lowest BCUT2D eigenvalue weighted by Crippen LogP contribution is -2.42. The highest BCUT2D eigenvalue weighted by Gasteiger charge is 2.21. The third kappa shape index (κ3) is 4.10. The fourth-order valence-electron chi connectivity index (χ4n) is 2.11. The number of alkyl halides is 1. The SMILES string of the molecule is Cc1cc(C(=O)C(C)Cl)c(C)n1CC(=O)NC(C)(C)C. The van der Waals surface area contributed by atoms with Gasteiger partial charge in [0.1, 0.15) is 6.54 Å². The van der Waals surface area contributed by atoms with Gasteiger partial charge in [0.15, 0.2) is 5.78 Å². The lowest BCUT2D eigenvalue weighted by atomic mass is 10.1. The Morgan fingerprint density at radius 1 is 1.35 bits per heavy atom. The van der Waals surface area contributed by atoms with Gasteiger partial charge in [-0.1, -0.05) is 0 Å². The Hall–Kier alpha value is -1.29. The number of nitrogens with zero attached hydrogens (tertiary/aromatic N) is 1. The van der Waals surface area contributed by atoms with Crippen LogP contribution in [0.2, 0.25) is 0 Å². The minimum Gasteiger partial charge on any atom is -0.350 e. The van der Waals surface area contributed by atoms with Crippen LogP contribution >= 0.6 is 11.6 Å². The Kier molecular flexibility index (Phi) is 5.03. The molecule has 0 spiro atoms. The van der Waals surface area contributed by atoms with Gasteiger partial charge in [-0.25, -0.2) is 0 Å². The number of ketones is 1. The Bertz CT molecular complexity index is 525. The normalized spacial score (nSPS) is 13.2. The molecule has 1 unspecified atom stereocenters. The van der Waals surface area contributed by atoms with Gasteiger partial charge in [0.05, 0.1) is 5.38 Å². The Balaban J connectivity index is 2.98. The van der Waals surface area contributed by atoms with E-state index in [1.54, 1.807) is 13.0 Å². The van der Waals surface area contributed by atoms with E-state index in [-0.39, 0.29) is 23.8 Å². The van der Waals surface area contributed by atoms with E-state index in [0.29, 0.717) is 5.56 Å². The molecule has 1 heterocycles. The van der Waals surface area contributed by atoms with Crippen molar-refractivity contribution in [2.75, 3.05) is 0 Å². The van der Waals surface area contributed by atoms with Crippen LogP contribution in [0.15, 0.2) is 6.07 Å². The first-order chi connectivity index (χ1) is 9.03. The highest BCUT2D eigenvalue weighted by atomic mass is 35.5. The van der Waals surface area contributed by atoms with E-state index in [0.717, 1.165) is 11.4 Å². The van der Waals surface area contributed by atoms with Crippen LogP contribution in [0.5, 0.6) is 0 Å². The monoisotopic (exact) mass is 298 g/mol. The van der Waals surface area contributed by atoms with Gasteiger partial charge in [-0.3, -0.25) is 9.59 Å². The van der Waals surface area contributed by atoms with E-state index in [4.69, 9.17) is 11.6 Å². The molecule has 0 fully saturated rings. The molecule has 1 N–H and O–H groups in total. The van der Waals surface area contributed by atoms with Crippen LogP contribution in [-0.4, -0.2) is 27.2 Å². The van der Waals surface area contributed by atoms with Gasteiger partial charge >= 0.3 is 0 Å². The van der Waals surface area contributed by atoms with Crippen molar-refractivity contribution >= 4 is 23.3 Å². The summed E-state index contributed by atoms with van der Waals surface area (Å²) in [6, 6.07) is 1.79. The third-order valence-corrected chi connectivity index (χ3v) is 3.21. The Morgan fingerprint density at radius 2 is 1.90 bits per heavy atom. The van der Waals surface area contributed by atoms with Crippen molar-refractivity contribution in [2.45, 2.75) is 59.0 Å². The minimum absolute atomic E-state index is 0.0720. The number of nitrogens with one attached hydrogen (secondary N) is 1. The number of amides is 1. The molecule has 1 aromatic heterocycles. The van der Waals surface area contributed by atoms with Crippen LogP contribution in [-0.2, 0) is 11.3 Å². The molecule has 1 amide bonds. The quantitative estimate of drug-likeness (QED) is 0.686. The summed E-state index contributed by atoms with van der Waals surface area (Å²) in [5.41, 5.74) is 1.99. The van der Waals surface area contributed by atoms with Gasteiger partial charge in [0.25, 0.3) is 0 Å². The van der Waals surface area contributed by atoms with E-state index in [2.05, 4.69) is 5.32 Å². The lowest BCUT2D eigenvalue weighted by Gasteiger charge is -2.21. The summed E-state index contributed by atoms with van der Waals surface area (Å²) in [6.45, 7) is 11.4. The van der Waals surface area contributed by atoms with E-state index in [1.807, 2.05) is 39.2 Å². The number of aryl methyl sites for hydroxylation is 1. The van der Waals surface area contributed by atoms with Crippen LogP contribution in [0, 0.1) is 13.8 Å². The molecule has 0 saturated carbocycles. The van der Waals surface area contributed by atoms with E-state index >= 15 is 0 Å². The predicted molar refractivity (Wildman–Crippen MR) is 81.4 cm³/mol. The first-order valence-corrected chi connectivity index (χ1v) is 7.12. The molecular weight excluding hydrogens is 276 g/mol. The Labute approximate surface area is 125 Å². The second kappa shape index (κ2) is 6.00. The molecule has 0 aliphatic heterocycles. The first-order valence-electron chi connectivity index (χ1n) is 6.69. The van der Waals surface area contributed by atoms with Gasteiger partial charge < -0.3 is 9.88 Å². The van der Waals surface area contributed by atoms with Crippen molar-refractivity contribution in [3.8, 4) is 0 Å². The highest BCUT2D eigenvalue weighted by Crippen LogP contribution is 2.18. The average molecular weight is 299 g/mol. The molecule has 0 aromatic carbocycles. The average Bonchev–Trinajstić information content (AvgIpc) is 2.53. The molecule has 4 nitrogen and oxygen atoms in total. The molecule has 0 radical (unpaired) electrons. The number of rotatable bonds is 4. The highest BCUT2D eigenvalue weighted by molar-refractivity contribution is 6.33. The standard InChI is InChI=1S/C15H23ClN2O2/c1-9-7-12(14(20)10(2)16)11(3)18(9)8-13(19)17-15(4,5)6/h7,10H,8H2,1-6H3,(H,17,19). The second-order valence-corrected chi connectivity index (χ2v) is 6.80. The zero-order chi connectivity index (χ0) is 15.7. The van der Waals surface area contributed by atoms with Crippen LogP contribution in [0.3, 0.4) is 0 Å². The van der Waals surface area contributed by atoms with E-state index in [9.17, 15) is 9.59 Å². The molecule has 1 rings (SSSR count). The van der Waals surface area contributed by atoms with Crippen LogP contribution < -0.4 is 5.32 Å². The smallest absolute Gasteiger partial charge is 0.240 e. The number of hydrogen-bond acceptors (Lipinski definition) is 2. The molecule has 0 aliphatic rings. The summed E-state index contributed by atoms with van der Waals surface area (Å²) < 4.78 is 1.84. The number of carbonyl (C=O) groups is 2. The maximum Gasteiger partial charge on any atom is 0.240 e. The second-order valence-electron chi connectivity index (χ2n) is 6.15. The molecule has 1 aromatic rings. The van der Waals surface area contributed by atoms with Gasteiger partial charge in [0, 0.05) is 22.5 Å². The summed E-state index contributed by atoms with van der Waals surface area (Å²) >= 11 is 5.85. The summed E-state index contributed by atoms with van der Waals surface area (Å²) in [5, 5.41) is 2.35. The molecule has 1 atom stereocenters. The number of halogens is 1. The summed E-state index contributed by atoms with van der Waals surface area (Å²) in [7, 11) is 0. The molecule has 0 saturated heterocycles.